The van der Waals surface area contributed by atoms with E-state index in [-0.39, 0.29) is 0 Å². The van der Waals surface area contributed by atoms with Gasteiger partial charge >= 0.3 is 0 Å². The summed E-state index contributed by atoms with van der Waals surface area (Å²) in [5.74, 6) is 1.35. The molecule has 4 nitrogen and oxygen atoms in total. The molecule has 0 saturated heterocycles. The molecule has 0 atom stereocenters. The van der Waals surface area contributed by atoms with E-state index in [1.54, 1.807) is 20.3 Å². The van der Waals surface area contributed by atoms with Crippen LogP contribution < -0.4 is 14.8 Å². The maximum Gasteiger partial charge on any atom is 0.162 e. The minimum absolute atomic E-state index is 0.652. The molecule has 0 saturated carbocycles. The van der Waals surface area contributed by atoms with E-state index in [2.05, 4.69) is 10.2 Å². The lowest BCUT2D eigenvalue weighted by Gasteiger charge is -2.13. The zero-order valence-electron chi connectivity index (χ0n) is 11.4. The van der Waals surface area contributed by atoms with Gasteiger partial charge in [0.05, 0.1) is 14.2 Å². The Morgan fingerprint density at radius 2 is 1.78 bits per heavy atom. The molecule has 0 spiro atoms. The summed E-state index contributed by atoms with van der Waals surface area (Å²) in [6, 6.07) is 3.69. The molecule has 0 fully saturated rings. The summed E-state index contributed by atoms with van der Waals surface area (Å²) in [6.45, 7) is 2.62. The molecule has 0 heterocycles. The summed E-state index contributed by atoms with van der Waals surface area (Å²) in [7, 11) is 7.31. The molecule has 0 amide bonds. The summed E-state index contributed by atoms with van der Waals surface area (Å²) in [6.07, 6.45) is 0. The van der Waals surface area contributed by atoms with Crippen molar-refractivity contribution >= 4 is 11.6 Å². The lowest BCUT2D eigenvalue weighted by molar-refractivity contribution is 0.354. The minimum atomic E-state index is 0.652. The number of benzene rings is 1. The fourth-order valence-electron chi connectivity index (χ4n) is 1.56. The molecule has 1 rings (SSSR count). The molecule has 1 N–H and O–H groups in total. The van der Waals surface area contributed by atoms with Crippen LogP contribution in [0.4, 0.5) is 0 Å². The van der Waals surface area contributed by atoms with E-state index in [1.165, 1.54) is 0 Å². The number of nitrogens with zero attached hydrogens (tertiary/aromatic N) is 1. The highest BCUT2D eigenvalue weighted by atomic mass is 35.5. The number of rotatable bonds is 7. The van der Waals surface area contributed by atoms with E-state index < -0.39 is 0 Å². The number of halogens is 1. The topological polar surface area (TPSA) is 33.7 Å². The number of hydrogen-bond donors (Lipinski definition) is 1. The zero-order valence-corrected chi connectivity index (χ0v) is 12.2. The van der Waals surface area contributed by atoms with Crippen LogP contribution in [0.3, 0.4) is 0 Å². The van der Waals surface area contributed by atoms with Crippen LogP contribution in [-0.2, 0) is 6.54 Å². The number of nitrogens with one attached hydrogen (secondary N) is 1. The quantitative estimate of drug-likeness (QED) is 0.770. The Balaban J connectivity index is 2.65. The Bertz CT molecular complexity index is 383. The van der Waals surface area contributed by atoms with Crippen LogP contribution in [0.5, 0.6) is 11.5 Å². The Kier molecular flexibility index (Phi) is 6.25. The standard InChI is InChI=1S/C13H21ClN2O2/c1-16(2)6-5-15-9-10-7-12(17-3)13(18-4)8-11(10)14/h7-8,15H,5-6,9H2,1-4H3. The molecule has 0 aliphatic rings. The number of hydrogen-bond acceptors (Lipinski definition) is 4. The first-order chi connectivity index (χ1) is 8.58. The molecule has 5 heteroatoms. The largest absolute Gasteiger partial charge is 0.493 e. The van der Waals surface area contributed by atoms with Crippen LogP contribution in [0.2, 0.25) is 5.02 Å². The Labute approximate surface area is 114 Å². The smallest absolute Gasteiger partial charge is 0.162 e. The second kappa shape index (κ2) is 7.46. The van der Waals surface area contributed by atoms with E-state index in [0.717, 1.165) is 18.7 Å². The molecule has 0 radical (unpaired) electrons. The zero-order chi connectivity index (χ0) is 13.5. The number of likely N-dealkylation sites (N-methyl/N-ethyl adjacent to an activating group) is 1. The van der Waals surface area contributed by atoms with Crippen molar-refractivity contribution in [3.8, 4) is 11.5 Å². The van der Waals surface area contributed by atoms with Crippen molar-refractivity contribution in [1.82, 2.24) is 10.2 Å². The predicted octanol–water partition coefficient (Wildman–Crippen LogP) is 2.01. The van der Waals surface area contributed by atoms with Gasteiger partial charge < -0.3 is 19.7 Å². The molecule has 0 aromatic heterocycles. The monoisotopic (exact) mass is 272 g/mol. The van der Waals surface area contributed by atoms with Crippen molar-refractivity contribution < 1.29 is 9.47 Å². The molecule has 0 unspecified atom stereocenters. The predicted molar refractivity (Wildman–Crippen MR) is 74.8 cm³/mol. The Morgan fingerprint density at radius 3 is 2.33 bits per heavy atom. The van der Waals surface area contributed by atoms with Gasteiger partial charge in [-0.05, 0) is 25.7 Å². The van der Waals surface area contributed by atoms with Crippen LogP contribution in [0.15, 0.2) is 12.1 Å². The second-order valence-electron chi connectivity index (χ2n) is 4.28. The summed E-state index contributed by atoms with van der Waals surface area (Å²) >= 11 is 6.19. The summed E-state index contributed by atoms with van der Waals surface area (Å²) < 4.78 is 10.4. The number of methoxy groups -OCH3 is 2. The highest BCUT2D eigenvalue weighted by molar-refractivity contribution is 6.31. The molecule has 1 aromatic rings. The maximum absolute atomic E-state index is 6.19. The van der Waals surface area contributed by atoms with Gasteiger partial charge in [-0.15, -0.1) is 0 Å². The highest BCUT2D eigenvalue weighted by Gasteiger charge is 2.09. The van der Waals surface area contributed by atoms with Crippen molar-refractivity contribution in [2.45, 2.75) is 6.54 Å². The first kappa shape index (κ1) is 15.1. The Morgan fingerprint density at radius 1 is 1.17 bits per heavy atom. The van der Waals surface area contributed by atoms with E-state index >= 15 is 0 Å². The average Bonchev–Trinajstić information content (AvgIpc) is 2.35. The van der Waals surface area contributed by atoms with Crippen molar-refractivity contribution in [3.05, 3.63) is 22.7 Å². The van der Waals surface area contributed by atoms with Crippen molar-refractivity contribution in [3.63, 3.8) is 0 Å². The van der Waals surface area contributed by atoms with Gasteiger partial charge in [0.1, 0.15) is 0 Å². The third-order valence-corrected chi connectivity index (χ3v) is 2.96. The third kappa shape index (κ3) is 4.37. The van der Waals surface area contributed by atoms with Crippen LogP contribution in [0.25, 0.3) is 0 Å². The first-order valence-corrected chi connectivity index (χ1v) is 6.22. The SMILES string of the molecule is COc1cc(Cl)c(CNCCN(C)C)cc1OC. The molecule has 0 aliphatic heterocycles. The normalized spacial score (nSPS) is 10.8. The lowest BCUT2D eigenvalue weighted by Crippen LogP contribution is -2.26. The Hall–Kier alpha value is -0.970. The average molecular weight is 273 g/mol. The second-order valence-corrected chi connectivity index (χ2v) is 4.69. The van der Waals surface area contributed by atoms with E-state index in [0.29, 0.717) is 23.1 Å². The van der Waals surface area contributed by atoms with Gasteiger partial charge in [0.2, 0.25) is 0 Å². The van der Waals surface area contributed by atoms with Gasteiger partial charge in [-0.3, -0.25) is 0 Å². The number of ether oxygens (including phenoxy) is 2. The molecule has 102 valence electrons. The van der Waals surface area contributed by atoms with Gasteiger partial charge in [0, 0.05) is 30.7 Å². The molecule has 0 aliphatic carbocycles. The van der Waals surface area contributed by atoms with Crippen LogP contribution in [0.1, 0.15) is 5.56 Å². The van der Waals surface area contributed by atoms with Crippen molar-refractivity contribution in [2.24, 2.45) is 0 Å². The van der Waals surface area contributed by atoms with E-state index in [9.17, 15) is 0 Å². The van der Waals surface area contributed by atoms with Crippen LogP contribution >= 0.6 is 11.6 Å². The molecular weight excluding hydrogens is 252 g/mol. The van der Waals surface area contributed by atoms with Gasteiger partial charge in [-0.25, -0.2) is 0 Å². The molecule has 18 heavy (non-hydrogen) atoms. The highest BCUT2D eigenvalue weighted by Crippen LogP contribution is 2.32. The van der Waals surface area contributed by atoms with Gasteiger partial charge in [0.15, 0.2) is 11.5 Å². The van der Waals surface area contributed by atoms with Crippen molar-refractivity contribution in [1.29, 1.82) is 0 Å². The lowest BCUT2D eigenvalue weighted by atomic mass is 10.2. The third-order valence-electron chi connectivity index (χ3n) is 2.60. The van der Waals surface area contributed by atoms with Crippen LogP contribution in [-0.4, -0.2) is 46.3 Å². The summed E-state index contributed by atoms with van der Waals surface area (Å²) in [5, 5.41) is 4.03. The molecule has 1 aromatic carbocycles. The summed E-state index contributed by atoms with van der Waals surface area (Å²) in [4.78, 5) is 2.13. The maximum atomic E-state index is 6.19. The minimum Gasteiger partial charge on any atom is -0.493 e. The van der Waals surface area contributed by atoms with Crippen molar-refractivity contribution in [2.75, 3.05) is 41.4 Å². The van der Waals surface area contributed by atoms with E-state index in [1.807, 2.05) is 20.2 Å². The van der Waals surface area contributed by atoms with Crippen LogP contribution in [0, 0.1) is 0 Å². The van der Waals surface area contributed by atoms with Gasteiger partial charge in [-0.1, -0.05) is 11.6 Å². The first-order valence-electron chi connectivity index (χ1n) is 5.84. The summed E-state index contributed by atoms with van der Waals surface area (Å²) in [5.41, 5.74) is 1.01. The van der Waals surface area contributed by atoms with E-state index in [4.69, 9.17) is 21.1 Å². The molecular formula is C13H21ClN2O2. The molecule has 0 bridgehead atoms. The van der Waals surface area contributed by atoms with Gasteiger partial charge in [-0.2, -0.15) is 0 Å². The van der Waals surface area contributed by atoms with Gasteiger partial charge in [0.25, 0.3) is 0 Å². The fraction of sp³-hybridized carbons (Fsp3) is 0.538. The fourth-order valence-corrected chi connectivity index (χ4v) is 1.78.